The van der Waals surface area contributed by atoms with E-state index >= 15 is 0 Å². The van der Waals surface area contributed by atoms with Gasteiger partial charge in [0.05, 0.1) is 21.8 Å². The monoisotopic (exact) mass is 436 g/mol. The molecular formula is C20H20ClF3N6. The molecule has 1 aromatic carbocycles. The number of piperazine rings is 1. The Balaban J connectivity index is 1.96. The van der Waals surface area contributed by atoms with Gasteiger partial charge >= 0.3 is 6.18 Å². The van der Waals surface area contributed by atoms with Crippen molar-refractivity contribution < 1.29 is 13.2 Å². The Labute approximate surface area is 176 Å². The minimum absolute atomic E-state index is 0.00737. The van der Waals surface area contributed by atoms with E-state index in [9.17, 15) is 13.2 Å². The van der Waals surface area contributed by atoms with E-state index in [0.29, 0.717) is 16.7 Å². The summed E-state index contributed by atoms with van der Waals surface area (Å²) in [7, 11) is 0. The highest BCUT2D eigenvalue weighted by atomic mass is 35.5. The number of halogens is 4. The molecule has 30 heavy (non-hydrogen) atoms. The van der Waals surface area contributed by atoms with E-state index in [2.05, 4.69) is 25.2 Å². The Morgan fingerprint density at radius 2 is 1.77 bits per heavy atom. The molecule has 0 atom stereocenters. The number of nitrogen functional groups attached to an aromatic ring is 1. The number of benzene rings is 1. The Morgan fingerprint density at radius 1 is 1.07 bits per heavy atom. The molecule has 3 aromatic rings. The van der Waals surface area contributed by atoms with E-state index in [-0.39, 0.29) is 27.7 Å². The minimum atomic E-state index is -4.61. The van der Waals surface area contributed by atoms with Crippen molar-refractivity contribution >= 4 is 34.1 Å². The van der Waals surface area contributed by atoms with Gasteiger partial charge in [0.1, 0.15) is 17.5 Å². The Morgan fingerprint density at radius 3 is 2.43 bits per heavy atom. The number of aryl methyl sites for hydroxylation is 2. The zero-order chi connectivity index (χ0) is 21.6. The number of nitrogens with one attached hydrogen (secondary N) is 1. The van der Waals surface area contributed by atoms with Crippen molar-refractivity contribution in [2.45, 2.75) is 20.0 Å². The maximum Gasteiger partial charge on any atom is 0.418 e. The second kappa shape index (κ2) is 7.55. The van der Waals surface area contributed by atoms with Gasteiger partial charge < -0.3 is 16.0 Å². The number of anilines is 2. The number of hydrogen-bond donors (Lipinski definition) is 2. The predicted octanol–water partition coefficient (Wildman–Crippen LogP) is 3.97. The zero-order valence-corrected chi connectivity index (χ0v) is 17.2. The highest BCUT2D eigenvalue weighted by Crippen LogP contribution is 2.42. The van der Waals surface area contributed by atoms with Crippen LogP contribution in [0.15, 0.2) is 18.2 Å². The molecular weight excluding hydrogens is 417 g/mol. The Hall–Kier alpha value is -2.65. The van der Waals surface area contributed by atoms with Crippen LogP contribution >= 0.6 is 11.6 Å². The molecule has 0 amide bonds. The van der Waals surface area contributed by atoms with Gasteiger partial charge in [0.15, 0.2) is 0 Å². The van der Waals surface area contributed by atoms with Crippen molar-refractivity contribution in [3.8, 4) is 11.3 Å². The smallest absolute Gasteiger partial charge is 0.384 e. The van der Waals surface area contributed by atoms with E-state index in [0.717, 1.165) is 32.0 Å². The molecule has 158 valence electrons. The molecule has 4 rings (SSSR count). The summed E-state index contributed by atoms with van der Waals surface area (Å²) in [5.41, 5.74) is 5.23. The summed E-state index contributed by atoms with van der Waals surface area (Å²) in [5, 5.41) is 4.10. The lowest BCUT2D eigenvalue weighted by atomic mass is 9.99. The SMILES string of the molecule is Cc1nc(N2CCNCC2)c2cc(Cl)c(-c3nc(N)cc(C)c3C(F)(F)F)cc2n1. The van der Waals surface area contributed by atoms with Crippen molar-refractivity contribution in [2.75, 3.05) is 36.8 Å². The van der Waals surface area contributed by atoms with Gasteiger partial charge in [0.2, 0.25) is 0 Å². The van der Waals surface area contributed by atoms with Crippen LogP contribution in [0, 0.1) is 13.8 Å². The molecule has 1 fully saturated rings. The van der Waals surface area contributed by atoms with Gasteiger partial charge in [-0.05, 0) is 37.6 Å². The molecule has 1 aliphatic heterocycles. The van der Waals surface area contributed by atoms with Crippen LogP contribution in [0.2, 0.25) is 5.02 Å². The lowest BCUT2D eigenvalue weighted by Gasteiger charge is -2.29. The lowest BCUT2D eigenvalue weighted by Crippen LogP contribution is -2.44. The van der Waals surface area contributed by atoms with Crippen molar-refractivity contribution in [3.05, 3.63) is 40.2 Å². The largest absolute Gasteiger partial charge is 0.418 e. The molecule has 1 saturated heterocycles. The number of pyridine rings is 1. The van der Waals surface area contributed by atoms with E-state index in [1.54, 1.807) is 13.0 Å². The first-order valence-electron chi connectivity index (χ1n) is 9.43. The third kappa shape index (κ3) is 3.75. The molecule has 0 aliphatic carbocycles. The van der Waals surface area contributed by atoms with E-state index in [1.165, 1.54) is 19.1 Å². The van der Waals surface area contributed by atoms with Gasteiger partial charge in [-0.25, -0.2) is 15.0 Å². The average molecular weight is 437 g/mol. The van der Waals surface area contributed by atoms with E-state index < -0.39 is 11.7 Å². The molecule has 3 heterocycles. The van der Waals surface area contributed by atoms with Crippen molar-refractivity contribution in [2.24, 2.45) is 0 Å². The van der Waals surface area contributed by atoms with Crippen molar-refractivity contribution in [3.63, 3.8) is 0 Å². The standard InChI is InChI=1S/C20H20ClF3N6/c1-10-7-16(25)29-18(17(10)20(22,23)24)12-9-15-13(8-14(12)21)19(28-11(2)27-15)30-5-3-26-4-6-30/h7-9,26H,3-6H2,1-2H3,(H2,25,29). The van der Waals surface area contributed by atoms with Gasteiger partial charge in [0.25, 0.3) is 0 Å². The third-order valence-corrected chi connectivity index (χ3v) is 5.38. The second-order valence-electron chi connectivity index (χ2n) is 7.27. The number of nitrogens with zero attached hydrogens (tertiary/aromatic N) is 4. The molecule has 0 spiro atoms. The molecule has 3 N–H and O–H groups in total. The fraction of sp³-hybridized carbons (Fsp3) is 0.350. The molecule has 6 nitrogen and oxygen atoms in total. The third-order valence-electron chi connectivity index (χ3n) is 5.07. The molecule has 0 bridgehead atoms. The molecule has 2 aromatic heterocycles. The number of rotatable bonds is 2. The van der Waals surface area contributed by atoms with Gasteiger partial charge in [-0.15, -0.1) is 0 Å². The zero-order valence-electron chi connectivity index (χ0n) is 16.4. The number of alkyl halides is 3. The highest BCUT2D eigenvalue weighted by molar-refractivity contribution is 6.34. The highest BCUT2D eigenvalue weighted by Gasteiger charge is 2.37. The summed E-state index contributed by atoms with van der Waals surface area (Å²) in [5.74, 6) is 1.24. The predicted molar refractivity (Wildman–Crippen MR) is 112 cm³/mol. The van der Waals surface area contributed by atoms with Crippen LogP contribution in [0.25, 0.3) is 22.2 Å². The van der Waals surface area contributed by atoms with Crippen molar-refractivity contribution in [1.82, 2.24) is 20.3 Å². The Kier molecular flexibility index (Phi) is 5.19. The fourth-order valence-electron chi connectivity index (χ4n) is 3.80. The van der Waals surface area contributed by atoms with Crippen molar-refractivity contribution in [1.29, 1.82) is 0 Å². The second-order valence-corrected chi connectivity index (χ2v) is 7.67. The average Bonchev–Trinajstić information content (AvgIpc) is 2.66. The molecule has 0 saturated carbocycles. The quantitative estimate of drug-likeness (QED) is 0.632. The van der Waals surface area contributed by atoms with Crippen LogP contribution in [-0.4, -0.2) is 41.1 Å². The summed E-state index contributed by atoms with van der Waals surface area (Å²) in [6.45, 7) is 6.27. The van der Waals surface area contributed by atoms with E-state index in [4.69, 9.17) is 17.3 Å². The molecule has 10 heteroatoms. The Bertz CT molecular complexity index is 1130. The first kappa shape index (κ1) is 20.6. The van der Waals surface area contributed by atoms with Gasteiger partial charge in [-0.3, -0.25) is 0 Å². The van der Waals surface area contributed by atoms with Crippen LogP contribution < -0.4 is 16.0 Å². The summed E-state index contributed by atoms with van der Waals surface area (Å²) in [6, 6.07) is 4.36. The number of fused-ring (bicyclic) bond motifs is 1. The van der Waals surface area contributed by atoms with Crippen LogP contribution in [0.4, 0.5) is 24.8 Å². The molecule has 0 radical (unpaired) electrons. The topological polar surface area (TPSA) is 80.0 Å². The summed E-state index contributed by atoms with van der Waals surface area (Å²) in [4.78, 5) is 15.1. The van der Waals surface area contributed by atoms with Gasteiger partial charge in [0, 0.05) is 37.1 Å². The van der Waals surface area contributed by atoms with E-state index in [1.807, 2.05) is 0 Å². The van der Waals surface area contributed by atoms with Crippen LogP contribution in [0.3, 0.4) is 0 Å². The number of hydrogen-bond acceptors (Lipinski definition) is 6. The minimum Gasteiger partial charge on any atom is -0.384 e. The maximum atomic E-state index is 13.8. The number of nitrogens with two attached hydrogens (primary N) is 1. The lowest BCUT2D eigenvalue weighted by molar-refractivity contribution is -0.137. The van der Waals surface area contributed by atoms with Crippen LogP contribution in [-0.2, 0) is 6.18 Å². The summed E-state index contributed by atoms with van der Waals surface area (Å²) in [6.07, 6.45) is -4.61. The van der Waals surface area contributed by atoms with Crippen LogP contribution in [0.5, 0.6) is 0 Å². The normalized spacial score (nSPS) is 15.1. The molecule has 0 unspecified atom stereocenters. The summed E-state index contributed by atoms with van der Waals surface area (Å²) < 4.78 is 41.3. The first-order valence-corrected chi connectivity index (χ1v) is 9.81. The van der Waals surface area contributed by atoms with Crippen LogP contribution in [0.1, 0.15) is 17.0 Å². The maximum absolute atomic E-state index is 13.8. The van der Waals surface area contributed by atoms with Gasteiger partial charge in [-0.1, -0.05) is 11.6 Å². The number of aromatic nitrogens is 3. The fourth-order valence-corrected chi connectivity index (χ4v) is 4.05. The van der Waals surface area contributed by atoms with Gasteiger partial charge in [-0.2, -0.15) is 13.2 Å². The molecule has 1 aliphatic rings. The first-order chi connectivity index (χ1) is 14.1. The summed E-state index contributed by atoms with van der Waals surface area (Å²) >= 11 is 6.48.